The highest BCUT2D eigenvalue weighted by Crippen LogP contribution is 2.34. The largest absolute Gasteiger partial charge is 0.463 e. The number of nitrogens with zero attached hydrogens (tertiary/aromatic N) is 2. The molecule has 2 aliphatic rings. The van der Waals surface area contributed by atoms with Gasteiger partial charge in [0.1, 0.15) is 17.1 Å². The van der Waals surface area contributed by atoms with Crippen molar-refractivity contribution in [3.05, 3.63) is 59.7 Å². The fourth-order valence-electron chi connectivity index (χ4n) is 4.88. The number of nitrogens with one attached hydrogen (secondary N) is 1. The number of amides is 2. The van der Waals surface area contributed by atoms with Gasteiger partial charge in [0.05, 0.1) is 18.3 Å². The second-order valence-electron chi connectivity index (χ2n) is 8.89. The molecule has 0 saturated heterocycles. The number of hydrogen-bond acceptors (Lipinski definition) is 3. The number of benzene rings is 1. The summed E-state index contributed by atoms with van der Waals surface area (Å²) >= 11 is 0. The highest BCUT2D eigenvalue weighted by Gasteiger charge is 2.48. The molecule has 31 heavy (non-hydrogen) atoms. The number of rotatable bonds is 4. The number of halogens is 1. The van der Waals surface area contributed by atoms with Crippen molar-refractivity contribution in [2.75, 3.05) is 0 Å². The summed E-state index contributed by atoms with van der Waals surface area (Å²) in [5, 5.41) is 3.21. The molecule has 1 aliphatic heterocycles. The van der Waals surface area contributed by atoms with Gasteiger partial charge >= 0.3 is 0 Å². The molecule has 3 aromatic rings. The Morgan fingerprint density at radius 3 is 2.68 bits per heavy atom. The summed E-state index contributed by atoms with van der Waals surface area (Å²) in [6, 6.07) is 9.75. The van der Waals surface area contributed by atoms with E-state index in [1.807, 2.05) is 17.6 Å². The molecular formula is C24H26FN3O3. The first kappa shape index (κ1) is 19.8. The van der Waals surface area contributed by atoms with Crippen LogP contribution in [0.3, 0.4) is 0 Å². The molecule has 7 heteroatoms. The van der Waals surface area contributed by atoms with E-state index in [1.54, 1.807) is 29.4 Å². The molecule has 1 saturated carbocycles. The molecule has 1 atom stereocenters. The van der Waals surface area contributed by atoms with E-state index in [0.717, 1.165) is 36.8 Å². The smallest absolute Gasteiger partial charge is 0.271 e. The van der Waals surface area contributed by atoms with E-state index in [2.05, 4.69) is 5.32 Å². The van der Waals surface area contributed by atoms with Crippen LogP contribution in [0.25, 0.3) is 11.1 Å². The zero-order valence-electron chi connectivity index (χ0n) is 17.6. The highest BCUT2D eigenvalue weighted by molar-refractivity contribution is 6.02. The third kappa shape index (κ3) is 3.42. The third-order valence-electron chi connectivity index (χ3n) is 6.73. The minimum absolute atomic E-state index is 0.140. The number of carbonyl (C=O) groups excluding carboxylic acids is 2. The van der Waals surface area contributed by atoms with Crippen molar-refractivity contribution < 1.29 is 18.4 Å². The number of carbonyl (C=O) groups is 2. The van der Waals surface area contributed by atoms with Crippen LogP contribution in [-0.2, 0) is 17.9 Å². The van der Waals surface area contributed by atoms with Crippen LogP contribution >= 0.6 is 0 Å². The predicted molar refractivity (Wildman–Crippen MR) is 114 cm³/mol. The van der Waals surface area contributed by atoms with E-state index in [4.69, 9.17) is 4.42 Å². The molecule has 5 rings (SSSR count). The monoisotopic (exact) mass is 423 g/mol. The molecular weight excluding hydrogens is 397 g/mol. The first-order valence-corrected chi connectivity index (χ1v) is 10.9. The minimum Gasteiger partial charge on any atom is -0.463 e. The molecule has 0 spiro atoms. The summed E-state index contributed by atoms with van der Waals surface area (Å²) in [7, 11) is 0. The molecule has 0 unspecified atom stereocenters. The lowest BCUT2D eigenvalue weighted by Gasteiger charge is -2.44. The number of furan rings is 1. The van der Waals surface area contributed by atoms with Gasteiger partial charge in [-0.2, -0.15) is 0 Å². The average Bonchev–Trinajstić information content (AvgIpc) is 3.36. The minimum atomic E-state index is -1.08. The molecule has 162 valence electrons. The SMILES string of the molecule is C[C@@]1(C(=O)NC2CCCCC2)Cn2c(cc3occc32)C(=O)N1Cc1ccc(F)cc1. The maximum atomic E-state index is 13.6. The second kappa shape index (κ2) is 7.55. The summed E-state index contributed by atoms with van der Waals surface area (Å²) in [5.74, 6) is -0.713. The van der Waals surface area contributed by atoms with Crippen molar-refractivity contribution in [1.29, 1.82) is 0 Å². The molecule has 2 amide bonds. The van der Waals surface area contributed by atoms with Crippen LogP contribution in [0.2, 0.25) is 0 Å². The lowest BCUT2D eigenvalue weighted by atomic mass is 9.91. The number of aromatic nitrogens is 1. The lowest BCUT2D eigenvalue weighted by Crippen LogP contribution is -2.64. The molecule has 1 aliphatic carbocycles. The Hall–Kier alpha value is -3.09. The number of hydrogen-bond donors (Lipinski definition) is 1. The van der Waals surface area contributed by atoms with Crippen LogP contribution in [0.15, 0.2) is 47.1 Å². The van der Waals surface area contributed by atoms with Crippen LogP contribution in [0.1, 0.15) is 55.1 Å². The van der Waals surface area contributed by atoms with E-state index >= 15 is 0 Å². The van der Waals surface area contributed by atoms with E-state index < -0.39 is 5.54 Å². The molecule has 6 nitrogen and oxygen atoms in total. The first-order valence-electron chi connectivity index (χ1n) is 10.9. The Morgan fingerprint density at radius 2 is 1.94 bits per heavy atom. The van der Waals surface area contributed by atoms with Gasteiger partial charge in [0, 0.05) is 24.7 Å². The molecule has 0 bridgehead atoms. The lowest BCUT2D eigenvalue weighted by molar-refractivity contribution is -0.134. The fraction of sp³-hybridized carbons (Fsp3) is 0.417. The summed E-state index contributed by atoms with van der Waals surface area (Å²) in [4.78, 5) is 28.8. The van der Waals surface area contributed by atoms with Gasteiger partial charge in [-0.1, -0.05) is 31.4 Å². The van der Waals surface area contributed by atoms with Gasteiger partial charge in [-0.25, -0.2) is 4.39 Å². The summed E-state index contributed by atoms with van der Waals surface area (Å²) in [5.41, 5.74) is 1.62. The average molecular weight is 423 g/mol. The quantitative estimate of drug-likeness (QED) is 0.683. The summed E-state index contributed by atoms with van der Waals surface area (Å²) in [6.45, 7) is 2.37. The standard InChI is InChI=1S/C24H26FN3O3/c1-24(23(30)26-18-5-3-2-4-6-18)15-27-19-11-12-31-21(19)13-20(27)22(29)28(24)14-16-7-9-17(25)10-8-16/h7-13,18H,2-6,14-15H2,1H3,(H,26,30)/t24-/m0/s1. The molecule has 2 aromatic heterocycles. The van der Waals surface area contributed by atoms with E-state index in [0.29, 0.717) is 17.8 Å². The van der Waals surface area contributed by atoms with Crippen LogP contribution in [0.4, 0.5) is 4.39 Å². The predicted octanol–water partition coefficient (Wildman–Crippen LogP) is 4.24. The van der Waals surface area contributed by atoms with Crippen molar-refractivity contribution in [1.82, 2.24) is 14.8 Å². The van der Waals surface area contributed by atoms with Crippen molar-refractivity contribution in [3.63, 3.8) is 0 Å². The van der Waals surface area contributed by atoms with Gasteiger partial charge in [-0.05, 0) is 37.5 Å². The topological polar surface area (TPSA) is 67.5 Å². The highest BCUT2D eigenvalue weighted by atomic mass is 19.1. The molecule has 1 N–H and O–H groups in total. The Morgan fingerprint density at radius 1 is 1.19 bits per heavy atom. The van der Waals surface area contributed by atoms with E-state index in [1.165, 1.54) is 18.6 Å². The summed E-state index contributed by atoms with van der Waals surface area (Å²) < 4.78 is 20.8. The molecule has 1 fully saturated rings. The zero-order chi connectivity index (χ0) is 21.6. The Labute approximate surface area is 180 Å². The van der Waals surface area contributed by atoms with E-state index in [-0.39, 0.29) is 30.2 Å². The fourth-order valence-corrected chi connectivity index (χ4v) is 4.88. The first-order chi connectivity index (χ1) is 15.0. The maximum absolute atomic E-state index is 13.6. The zero-order valence-corrected chi connectivity index (χ0v) is 17.6. The van der Waals surface area contributed by atoms with Gasteiger partial charge in [-0.15, -0.1) is 0 Å². The maximum Gasteiger partial charge on any atom is 0.271 e. The summed E-state index contributed by atoms with van der Waals surface area (Å²) in [6.07, 6.45) is 6.94. The van der Waals surface area contributed by atoms with Crippen LogP contribution in [-0.4, -0.2) is 32.9 Å². The Bertz CT molecular complexity index is 1130. The van der Waals surface area contributed by atoms with Crippen LogP contribution in [0, 0.1) is 5.82 Å². The van der Waals surface area contributed by atoms with Gasteiger partial charge in [0.15, 0.2) is 5.58 Å². The van der Waals surface area contributed by atoms with Crippen molar-refractivity contribution in [2.24, 2.45) is 0 Å². The third-order valence-corrected chi connectivity index (χ3v) is 6.73. The number of fused-ring (bicyclic) bond motifs is 3. The normalized spacial score (nSPS) is 22.0. The second-order valence-corrected chi connectivity index (χ2v) is 8.89. The van der Waals surface area contributed by atoms with Crippen LogP contribution in [0.5, 0.6) is 0 Å². The molecule has 0 radical (unpaired) electrons. The van der Waals surface area contributed by atoms with Gasteiger partial charge < -0.3 is 19.2 Å². The molecule has 3 heterocycles. The molecule has 1 aromatic carbocycles. The Kier molecular flexibility index (Phi) is 4.84. The van der Waals surface area contributed by atoms with E-state index in [9.17, 15) is 14.0 Å². The van der Waals surface area contributed by atoms with Gasteiger partial charge in [0.25, 0.3) is 5.91 Å². The van der Waals surface area contributed by atoms with Crippen molar-refractivity contribution in [3.8, 4) is 0 Å². The van der Waals surface area contributed by atoms with Crippen molar-refractivity contribution in [2.45, 2.75) is 63.7 Å². The van der Waals surface area contributed by atoms with Crippen molar-refractivity contribution >= 4 is 22.9 Å². The van der Waals surface area contributed by atoms with Gasteiger partial charge in [-0.3, -0.25) is 9.59 Å². The van der Waals surface area contributed by atoms with Gasteiger partial charge in [0.2, 0.25) is 5.91 Å². The van der Waals surface area contributed by atoms with Crippen LogP contribution < -0.4 is 5.32 Å². The Balaban J connectivity index is 1.52.